The summed E-state index contributed by atoms with van der Waals surface area (Å²) in [6, 6.07) is 13.1. The van der Waals surface area contributed by atoms with Crippen LogP contribution in [-0.4, -0.2) is 37.6 Å². The highest BCUT2D eigenvalue weighted by molar-refractivity contribution is 7.98. The molecule has 5 nitrogen and oxygen atoms in total. The molecule has 1 amide bonds. The van der Waals surface area contributed by atoms with Gasteiger partial charge < -0.3 is 14.9 Å². The number of rotatable bonds is 6. The second kappa shape index (κ2) is 8.47. The van der Waals surface area contributed by atoms with Gasteiger partial charge in [-0.3, -0.25) is 4.79 Å². The third kappa shape index (κ3) is 4.31. The molecule has 26 heavy (non-hydrogen) atoms. The van der Waals surface area contributed by atoms with E-state index in [9.17, 15) is 4.79 Å². The molecule has 3 rings (SSSR count). The van der Waals surface area contributed by atoms with Crippen molar-refractivity contribution in [1.82, 2.24) is 5.32 Å². The fourth-order valence-corrected chi connectivity index (χ4v) is 3.24. The van der Waals surface area contributed by atoms with Crippen LogP contribution in [0.1, 0.15) is 22.3 Å². The number of halogens is 1. The van der Waals surface area contributed by atoms with Crippen LogP contribution in [0.15, 0.2) is 52.5 Å². The van der Waals surface area contributed by atoms with Gasteiger partial charge in [-0.25, -0.2) is 0 Å². The van der Waals surface area contributed by atoms with E-state index in [-0.39, 0.29) is 12.0 Å². The van der Waals surface area contributed by atoms with Gasteiger partial charge >= 0.3 is 0 Å². The lowest BCUT2D eigenvalue weighted by atomic mass is 10.0. The van der Waals surface area contributed by atoms with E-state index >= 15 is 0 Å². The Balaban J connectivity index is 1.56. The molecule has 136 valence electrons. The Hall–Kier alpha value is -2.18. The van der Waals surface area contributed by atoms with Gasteiger partial charge in [0.15, 0.2) is 0 Å². The largest absolute Gasteiger partial charge is 0.497 e. The van der Waals surface area contributed by atoms with Crippen molar-refractivity contribution in [3.8, 4) is 5.75 Å². The molecule has 0 aliphatic carbocycles. The molecule has 1 atom stereocenters. The van der Waals surface area contributed by atoms with Crippen LogP contribution < -0.4 is 10.1 Å². The first-order valence-corrected chi connectivity index (χ1v) is 9.70. The second-order valence-corrected chi connectivity index (χ2v) is 7.04. The highest BCUT2D eigenvalue weighted by atomic mass is 35.5. The van der Waals surface area contributed by atoms with Crippen LogP contribution in [0, 0.1) is 0 Å². The second-order valence-electron chi connectivity index (χ2n) is 5.75. The van der Waals surface area contributed by atoms with E-state index in [2.05, 4.69) is 10.5 Å². The number of nitrogens with zero attached hydrogens (tertiary/aromatic N) is 1. The molecule has 0 fully saturated rings. The molecule has 1 heterocycles. The fraction of sp³-hybridized carbons (Fsp3) is 0.263. The van der Waals surface area contributed by atoms with Gasteiger partial charge in [-0.15, -0.1) is 11.8 Å². The van der Waals surface area contributed by atoms with E-state index in [1.54, 1.807) is 31.0 Å². The van der Waals surface area contributed by atoms with Gasteiger partial charge in [0.05, 0.1) is 30.0 Å². The van der Waals surface area contributed by atoms with Crippen molar-refractivity contribution in [2.45, 2.75) is 17.4 Å². The Morgan fingerprint density at radius 3 is 2.81 bits per heavy atom. The first-order valence-electron chi connectivity index (χ1n) is 8.09. The lowest BCUT2D eigenvalue weighted by Gasteiger charge is -2.11. The number of amides is 1. The summed E-state index contributed by atoms with van der Waals surface area (Å²) in [6.45, 7) is 0.363. The number of hydrogen-bond acceptors (Lipinski definition) is 5. The van der Waals surface area contributed by atoms with Crippen LogP contribution in [0.25, 0.3) is 0 Å². The van der Waals surface area contributed by atoms with Crippen molar-refractivity contribution in [3.05, 3.63) is 58.6 Å². The molecule has 1 aliphatic rings. The molecule has 0 bridgehead atoms. The van der Waals surface area contributed by atoms with E-state index in [1.165, 1.54) is 0 Å². The third-order valence-corrected chi connectivity index (χ3v) is 5.12. The number of hydrogen-bond donors (Lipinski definition) is 1. The van der Waals surface area contributed by atoms with Gasteiger partial charge in [0, 0.05) is 11.3 Å². The Morgan fingerprint density at radius 2 is 2.12 bits per heavy atom. The maximum absolute atomic E-state index is 12.4. The van der Waals surface area contributed by atoms with Crippen LogP contribution in [0.3, 0.4) is 0 Å². The maximum Gasteiger partial charge on any atom is 0.252 e. The molecule has 1 N–H and O–H groups in total. The van der Waals surface area contributed by atoms with Gasteiger partial charge in [-0.05, 0) is 54.3 Å². The minimum atomic E-state index is -0.215. The van der Waals surface area contributed by atoms with Gasteiger partial charge in [0.1, 0.15) is 11.9 Å². The van der Waals surface area contributed by atoms with Crippen LogP contribution in [0.4, 0.5) is 0 Å². The zero-order valence-electron chi connectivity index (χ0n) is 14.5. The molecule has 1 unspecified atom stereocenters. The number of oxime groups is 1. The molecule has 0 radical (unpaired) electrons. The smallest absolute Gasteiger partial charge is 0.252 e. The number of ether oxygens (including phenoxy) is 1. The zero-order chi connectivity index (χ0) is 18.5. The zero-order valence-corrected chi connectivity index (χ0v) is 16.1. The first kappa shape index (κ1) is 18.6. The monoisotopic (exact) mass is 390 g/mol. The predicted molar refractivity (Wildman–Crippen MR) is 105 cm³/mol. The topological polar surface area (TPSA) is 59.9 Å². The van der Waals surface area contributed by atoms with Gasteiger partial charge in [0.2, 0.25) is 0 Å². The summed E-state index contributed by atoms with van der Waals surface area (Å²) in [4.78, 5) is 18.8. The van der Waals surface area contributed by atoms with E-state index in [4.69, 9.17) is 21.2 Å². The molecule has 2 aromatic rings. The maximum atomic E-state index is 12.4. The quantitative estimate of drug-likeness (QED) is 0.757. The minimum absolute atomic E-state index is 0.196. The number of carbonyl (C=O) groups excluding carboxylic acids is 1. The van der Waals surface area contributed by atoms with Crippen LogP contribution in [0.5, 0.6) is 5.75 Å². The summed E-state index contributed by atoms with van der Waals surface area (Å²) in [5.41, 5.74) is 2.30. The van der Waals surface area contributed by atoms with Crippen molar-refractivity contribution < 1.29 is 14.4 Å². The van der Waals surface area contributed by atoms with Crippen molar-refractivity contribution in [3.63, 3.8) is 0 Å². The summed E-state index contributed by atoms with van der Waals surface area (Å²) in [7, 11) is 1.63. The molecule has 0 spiro atoms. The summed E-state index contributed by atoms with van der Waals surface area (Å²) in [6.07, 6.45) is 2.39. The van der Waals surface area contributed by atoms with E-state index in [0.29, 0.717) is 23.6 Å². The summed E-state index contributed by atoms with van der Waals surface area (Å²) >= 11 is 7.70. The van der Waals surface area contributed by atoms with Crippen molar-refractivity contribution in [2.75, 3.05) is 19.9 Å². The molecule has 0 saturated carbocycles. The summed E-state index contributed by atoms with van der Waals surface area (Å²) in [5.74, 6) is 0.578. The molecular formula is C19H19ClN2O3S. The van der Waals surface area contributed by atoms with Gasteiger partial charge in [-0.2, -0.15) is 0 Å². The molecule has 2 aromatic carbocycles. The molecular weight excluding hydrogens is 372 g/mol. The standard InChI is InChI=1S/C19H19ClN2O3S/c1-24-13-5-3-12(4-6-13)18-9-14(25-22-18)11-21-19(23)16-10-15(26-2)7-8-17(16)20/h3-8,10,14H,9,11H2,1-2H3,(H,21,23). The highest BCUT2D eigenvalue weighted by Crippen LogP contribution is 2.23. The van der Waals surface area contributed by atoms with E-state index < -0.39 is 0 Å². The first-order chi connectivity index (χ1) is 12.6. The Bertz CT molecular complexity index is 824. The fourth-order valence-electron chi connectivity index (χ4n) is 2.60. The Kier molecular flexibility index (Phi) is 6.06. The van der Waals surface area contributed by atoms with E-state index in [1.807, 2.05) is 36.6 Å². The summed E-state index contributed by atoms with van der Waals surface area (Å²) in [5, 5.41) is 7.44. The SMILES string of the molecule is COc1ccc(C2=NOC(CNC(=O)c3cc(SC)ccc3Cl)C2)cc1. The predicted octanol–water partition coefficient (Wildman–Crippen LogP) is 3.99. The summed E-state index contributed by atoms with van der Waals surface area (Å²) < 4.78 is 5.16. The van der Waals surface area contributed by atoms with Crippen LogP contribution in [0.2, 0.25) is 5.02 Å². The molecule has 0 aromatic heterocycles. The van der Waals surface area contributed by atoms with Crippen molar-refractivity contribution in [1.29, 1.82) is 0 Å². The van der Waals surface area contributed by atoms with Crippen LogP contribution >= 0.6 is 23.4 Å². The number of carbonyl (C=O) groups is 1. The number of methoxy groups -OCH3 is 1. The van der Waals surface area contributed by atoms with Gasteiger partial charge in [-0.1, -0.05) is 16.8 Å². The Morgan fingerprint density at radius 1 is 1.35 bits per heavy atom. The Labute approximate surface area is 161 Å². The average molecular weight is 391 g/mol. The lowest BCUT2D eigenvalue weighted by Crippen LogP contribution is -2.32. The molecule has 0 saturated heterocycles. The number of thioether (sulfide) groups is 1. The third-order valence-electron chi connectivity index (χ3n) is 4.06. The minimum Gasteiger partial charge on any atom is -0.497 e. The lowest BCUT2D eigenvalue weighted by molar-refractivity contribution is 0.0753. The molecule has 1 aliphatic heterocycles. The molecule has 7 heteroatoms. The number of benzene rings is 2. The van der Waals surface area contributed by atoms with Crippen molar-refractivity contribution in [2.24, 2.45) is 5.16 Å². The normalized spacial score (nSPS) is 16.0. The highest BCUT2D eigenvalue weighted by Gasteiger charge is 2.23. The number of nitrogens with one attached hydrogen (secondary N) is 1. The van der Waals surface area contributed by atoms with E-state index in [0.717, 1.165) is 21.9 Å². The van der Waals surface area contributed by atoms with Gasteiger partial charge in [0.25, 0.3) is 5.91 Å². The van der Waals surface area contributed by atoms with Crippen molar-refractivity contribution >= 4 is 35.0 Å². The van der Waals surface area contributed by atoms with Crippen LogP contribution in [-0.2, 0) is 4.84 Å². The average Bonchev–Trinajstić information content (AvgIpc) is 3.15.